The van der Waals surface area contributed by atoms with Gasteiger partial charge in [0.25, 0.3) is 11.8 Å². The number of carboxylic acid groups (broad SMARTS) is 1. The largest absolute Gasteiger partial charge is 0.545 e. The maximum absolute atomic E-state index is 13.1. The molecule has 2 amide bonds. The highest BCUT2D eigenvalue weighted by Crippen LogP contribution is 2.36. The van der Waals surface area contributed by atoms with Crippen LogP contribution in [-0.4, -0.2) is 31.9 Å². The number of hydrogen-bond donors (Lipinski definition) is 0. The lowest BCUT2D eigenvalue weighted by molar-refractivity contribution is -0.255. The number of amides is 2. The minimum Gasteiger partial charge on any atom is -0.545 e. The molecular weight excluding hydrogens is 344 g/mol. The van der Waals surface area contributed by atoms with E-state index in [-0.39, 0.29) is 5.56 Å². The van der Waals surface area contributed by atoms with Gasteiger partial charge >= 0.3 is 0 Å². The SMILES string of the molecule is CN(C)c1ccc2c3c(cccc13)C(=O)N(c1ccc(C(=O)[O-])cc1)C2=O. The van der Waals surface area contributed by atoms with Crippen LogP contribution in [0.4, 0.5) is 11.4 Å². The van der Waals surface area contributed by atoms with Crippen molar-refractivity contribution in [3.8, 4) is 0 Å². The van der Waals surface area contributed by atoms with Gasteiger partial charge in [0.1, 0.15) is 0 Å². The molecule has 0 aliphatic carbocycles. The Morgan fingerprint density at radius 3 is 2.11 bits per heavy atom. The molecule has 0 saturated heterocycles. The fourth-order valence-corrected chi connectivity index (χ4v) is 3.45. The van der Waals surface area contributed by atoms with Crippen LogP contribution in [0, 0.1) is 0 Å². The Balaban J connectivity index is 1.90. The zero-order valence-electron chi connectivity index (χ0n) is 14.7. The fraction of sp³-hybridized carbons (Fsp3) is 0.0952. The van der Waals surface area contributed by atoms with Gasteiger partial charge in [-0.2, -0.15) is 0 Å². The highest BCUT2D eigenvalue weighted by atomic mass is 16.4. The van der Waals surface area contributed by atoms with E-state index in [9.17, 15) is 19.5 Å². The van der Waals surface area contributed by atoms with E-state index in [0.29, 0.717) is 22.2 Å². The van der Waals surface area contributed by atoms with Gasteiger partial charge in [-0.05, 0) is 35.9 Å². The van der Waals surface area contributed by atoms with Gasteiger partial charge in [-0.15, -0.1) is 0 Å². The first-order valence-electron chi connectivity index (χ1n) is 8.33. The number of nitrogens with zero attached hydrogens (tertiary/aromatic N) is 2. The minimum atomic E-state index is -1.32. The van der Waals surface area contributed by atoms with Crippen molar-refractivity contribution in [2.75, 3.05) is 23.9 Å². The highest BCUT2D eigenvalue weighted by molar-refractivity contribution is 6.36. The number of carbonyl (C=O) groups excluding carboxylic acids is 3. The van der Waals surface area contributed by atoms with Crippen molar-refractivity contribution in [3.63, 3.8) is 0 Å². The van der Waals surface area contributed by atoms with Crippen LogP contribution in [0.1, 0.15) is 31.1 Å². The van der Waals surface area contributed by atoms with Crippen molar-refractivity contribution in [2.24, 2.45) is 0 Å². The molecule has 1 aliphatic heterocycles. The van der Waals surface area contributed by atoms with Gasteiger partial charge < -0.3 is 14.8 Å². The van der Waals surface area contributed by atoms with Crippen molar-refractivity contribution < 1.29 is 19.5 Å². The third-order valence-corrected chi connectivity index (χ3v) is 4.73. The van der Waals surface area contributed by atoms with E-state index >= 15 is 0 Å². The molecule has 3 aromatic carbocycles. The van der Waals surface area contributed by atoms with E-state index in [1.807, 2.05) is 31.1 Å². The highest BCUT2D eigenvalue weighted by Gasteiger charge is 2.34. The van der Waals surface area contributed by atoms with Crippen LogP contribution in [0.25, 0.3) is 10.8 Å². The lowest BCUT2D eigenvalue weighted by Gasteiger charge is -2.28. The van der Waals surface area contributed by atoms with Crippen molar-refractivity contribution in [1.29, 1.82) is 0 Å². The summed E-state index contributed by atoms with van der Waals surface area (Å²) >= 11 is 0. The maximum atomic E-state index is 13.1. The standard InChI is InChI=1S/C21H16N2O4/c1-22(2)17-11-10-16-18-14(17)4-3-5-15(18)19(24)23(20(16)25)13-8-6-12(7-9-13)21(26)27/h3-11H,1-2H3,(H,26,27)/p-1. The summed E-state index contributed by atoms with van der Waals surface area (Å²) in [7, 11) is 3.81. The van der Waals surface area contributed by atoms with Crippen molar-refractivity contribution in [2.45, 2.75) is 0 Å². The first kappa shape index (κ1) is 16.8. The molecule has 0 saturated carbocycles. The Hall–Kier alpha value is -3.67. The smallest absolute Gasteiger partial charge is 0.265 e. The summed E-state index contributed by atoms with van der Waals surface area (Å²) < 4.78 is 0. The van der Waals surface area contributed by atoms with E-state index in [1.54, 1.807) is 18.2 Å². The number of benzene rings is 3. The Bertz CT molecular complexity index is 1090. The molecule has 0 spiro atoms. The first-order chi connectivity index (χ1) is 12.9. The number of hydrogen-bond acceptors (Lipinski definition) is 5. The van der Waals surface area contributed by atoms with Crippen LogP contribution >= 0.6 is 0 Å². The fourth-order valence-electron chi connectivity index (χ4n) is 3.45. The molecule has 0 atom stereocenters. The van der Waals surface area contributed by atoms with Gasteiger partial charge in [0.2, 0.25) is 0 Å². The van der Waals surface area contributed by atoms with Gasteiger partial charge in [-0.25, -0.2) is 4.90 Å². The molecule has 134 valence electrons. The number of aromatic carboxylic acids is 1. The molecule has 6 nitrogen and oxygen atoms in total. The molecule has 0 aromatic heterocycles. The molecule has 0 radical (unpaired) electrons. The van der Waals surface area contributed by atoms with Crippen LogP contribution in [0.5, 0.6) is 0 Å². The van der Waals surface area contributed by atoms with E-state index in [0.717, 1.165) is 16.0 Å². The summed E-state index contributed by atoms with van der Waals surface area (Å²) in [6.07, 6.45) is 0. The number of imide groups is 1. The third kappa shape index (κ3) is 2.45. The molecule has 1 heterocycles. The normalized spacial score (nSPS) is 13.2. The monoisotopic (exact) mass is 359 g/mol. The van der Waals surface area contributed by atoms with E-state index in [4.69, 9.17) is 0 Å². The average molecular weight is 359 g/mol. The van der Waals surface area contributed by atoms with Crippen LogP contribution < -0.4 is 14.9 Å². The van der Waals surface area contributed by atoms with Crippen LogP contribution in [0.2, 0.25) is 0 Å². The van der Waals surface area contributed by atoms with Gasteiger partial charge in [-0.3, -0.25) is 9.59 Å². The molecular formula is C21H15N2O4-. The summed E-state index contributed by atoms with van der Waals surface area (Å²) in [5, 5.41) is 12.4. The van der Waals surface area contributed by atoms with E-state index < -0.39 is 17.8 Å². The van der Waals surface area contributed by atoms with Gasteiger partial charge in [0.05, 0.1) is 11.7 Å². The third-order valence-electron chi connectivity index (χ3n) is 4.73. The van der Waals surface area contributed by atoms with Crippen LogP contribution in [-0.2, 0) is 0 Å². The topological polar surface area (TPSA) is 80.8 Å². The van der Waals surface area contributed by atoms with Crippen molar-refractivity contribution in [3.05, 3.63) is 71.3 Å². The zero-order chi connectivity index (χ0) is 19.3. The Kier molecular flexibility index (Phi) is 3.70. The molecule has 0 fully saturated rings. The molecule has 0 N–H and O–H groups in total. The number of carboxylic acids is 1. The molecule has 4 rings (SSSR count). The minimum absolute atomic E-state index is 0.0196. The van der Waals surface area contributed by atoms with Crippen LogP contribution in [0.15, 0.2) is 54.6 Å². The quantitative estimate of drug-likeness (QED) is 0.669. The maximum Gasteiger partial charge on any atom is 0.265 e. The Morgan fingerprint density at radius 1 is 0.889 bits per heavy atom. The second kappa shape index (κ2) is 5.95. The zero-order valence-corrected chi connectivity index (χ0v) is 14.7. The summed E-state index contributed by atoms with van der Waals surface area (Å²) in [6.45, 7) is 0. The molecule has 6 heteroatoms. The molecule has 0 bridgehead atoms. The van der Waals surface area contributed by atoms with Gasteiger partial charge in [-0.1, -0.05) is 24.3 Å². The lowest BCUT2D eigenvalue weighted by atomic mass is 9.92. The van der Waals surface area contributed by atoms with Gasteiger partial charge in [0.15, 0.2) is 0 Å². The summed E-state index contributed by atoms with van der Waals surface area (Å²) in [5.74, 6) is -2.19. The Morgan fingerprint density at radius 2 is 1.52 bits per heavy atom. The van der Waals surface area contributed by atoms with E-state index in [2.05, 4.69) is 0 Å². The van der Waals surface area contributed by atoms with E-state index in [1.165, 1.54) is 24.3 Å². The van der Waals surface area contributed by atoms with Crippen molar-refractivity contribution in [1.82, 2.24) is 0 Å². The molecule has 27 heavy (non-hydrogen) atoms. The second-order valence-corrected chi connectivity index (χ2v) is 6.53. The predicted molar refractivity (Wildman–Crippen MR) is 100 cm³/mol. The van der Waals surface area contributed by atoms with Crippen molar-refractivity contribution >= 4 is 39.9 Å². The average Bonchev–Trinajstić information content (AvgIpc) is 2.66. The Labute approximate surface area is 155 Å². The number of carbonyl (C=O) groups is 3. The summed E-state index contributed by atoms with van der Waals surface area (Å²) in [6, 6.07) is 14.4. The van der Waals surface area contributed by atoms with Gasteiger partial charge in [0, 0.05) is 41.7 Å². The lowest BCUT2D eigenvalue weighted by Crippen LogP contribution is -2.40. The molecule has 3 aromatic rings. The summed E-state index contributed by atoms with van der Waals surface area (Å²) in [4.78, 5) is 40.1. The number of anilines is 2. The summed E-state index contributed by atoms with van der Waals surface area (Å²) in [5.41, 5.74) is 2.09. The molecule has 0 unspecified atom stereocenters. The number of rotatable bonds is 3. The molecule has 1 aliphatic rings. The predicted octanol–water partition coefficient (Wildman–Crippen LogP) is 2.07. The first-order valence-corrected chi connectivity index (χ1v) is 8.33. The second-order valence-electron chi connectivity index (χ2n) is 6.53. The van der Waals surface area contributed by atoms with Crippen LogP contribution in [0.3, 0.4) is 0 Å².